The van der Waals surface area contributed by atoms with E-state index < -0.39 is 17.5 Å². The maximum Gasteiger partial charge on any atom is 0.254 e. The highest BCUT2D eigenvalue weighted by molar-refractivity contribution is 6.31. The van der Waals surface area contributed by atoms with Gasteiger partial charge in [-0.3, -0.25) is 9.78 Å². The van der Waals surface area contributed by atoms with E-state index in [-0.39, 0.29) is 18.2 Å². The molecular formula is C21H15ClF2N2O2. The van der Waals surface area contributed by atoms with E-state index in [1.165, 1.54) is 0 Å². The first-order valence-corrected chi connectivity index (χ1v) is 9.02. The molecule has 3 aromatic rings. The first-order chi connectivity index (χ1) is 13.5. The molecule has 1 aromatic heterocycles. The van der Waals surface area contributed by atoms with Gasteiger partial charge in [0.25, 0.3) is 5.91 Å². The summed E-state index contributed by atoms with van der Waals surface area (Å²) in [4.78, 5) is 16.2. The molecule has 1 aliphatic heterocycles. The molecule has 1 aliphatic rings. The van der Waals surface area contributed by atoms with Gasteiger partial charge in [0.05, 0.1) is 12.1 Å². The van der Waals surface area contributed by atoms with E-state index in [1.54, 1.807) is 12.4 Å². The number of hydrogen-bond acceptors (Lipinski definition) is 3. The maximum atomic E-state index is 13.7. The van der Waals surface area contributed by atoms with Crippen LogP contribution in [0.1, 0.15) is 15.9 Å². The van der Waals surface area contributed by atoms with E-state index in [0.717, 1.165) is 28.8 Å². The Labute approximate surface area is 165 Å². The zero-order valence-corrected chi connectivity index (χ0v) is 15.3. The van der Waals surface area contributed by atoms with Crippen LogP contribution in [-0.4, -0.2) is 23.5 Å². The normalized spacial score (nSPS) is 15.0. The second-order valence-corrected chi connectivity index (χ2v) is 6.89. The molecule has 28 heavy (non-hydrogen) atoms. The van der Waals surface area contributed by atoms with Gasteiger partial charge < -0.3 is 10.1 Å². The number of amides is 1. The molecule has 7 heteroatoms. The molecule has 0 unspecified atom stereocenters. The van der Waals surface area contributed by atoms with Gasteiger partial charge in [-0.05, 0) is 42.0 Å². The van der Waals surface area contributed by atoms with Crippen LogP contribution in [0.25, 0.3) is 11.1 Å². The van der Waals surface area contributed by atoms with Crippen LogP contribution in [0, 0.1) is 11.6 Å². The largest absolute Gasteiger partial charge is 0.487 e. The predicted molar refractivity (Wildman–Crippen MR) is 101 cm³/mol. The minimum absolute atomic E-state index is 0.178. The summed E-state index contributed by atoms with van der Waals surface area (Å²) >= 11 is 6.25. The topological polar surface area (TPSA) is 51.2 Å². The fraction of sp³-hybridized carbons (Fsp3) is 0.143. The van der Waals surface area contributed by atoms with Crippen molar-refractivity contribution < 1.29 is 18.3 Å². The lowest BCUT2D eigenvalue weighted by molar-refractivity contribution is 0.0929. The van der Waals surface area contributed by atoms with Crippen LogP contribution in [0.15, 0.2) is 54.9 Å². The van der Waals surface area contributed by atoms with Gasteiger partial charge in [0, 0.05) is 41.0 Å². The first-order valence-electron chi connectivity index (χ1n) is 8.64. The fourth-order valence-corrected chi connectivity index (χ4v) is 3.47. The lowest BCUT2D eigenvalue weighted by Crippen LogP contribution is -2.34. The van der Waals surface area contributed by atoms with Crippen molar-refractivity contribution in [2.75, 3.05) is 6.54 Å². The third kappa shape index (κ3) is 3.68. The van der Waals surface area contributed by atoms with Crippen LogP contribution in [0.3, 0.4) is 0 Å². The maximum absolute atomic E-state index is 13.7. The molecule has 4 rings (SSSR count). The molecule has 2 heterocycles. The SMILES string of the molecule is O=C(NC[C@H]1Cc2cc(Cl)cc(-c3ccncc3)c2O1)c1ccc(F)cc1F. The molecule has 0 fully saturated rings. The summed E-state index contributed by atoms with van der Waals surface area (Å²) in [5.41, 5.74) is 2.50. The van der Waals surface area contributed by atoms with Gasteiger partial charge in [-0.1, -0.05) is 11.6 Å². The van der Waals surface area contributed by atoms with E-state index in [0.29, 0.717) is 23.3 Å². The number of ether oxygens (including phenoxy) is 1. The molecule has 0 saturated carbocycles. The van der Waals surface area contributed by atoms with Crippen molar-refractivity contribution in [3.05, 3.63) is 82.6 Å². The van der Waals surface area contributed by atoms with Crippen molar-refractivity contribution in [3.63, 3.8) is 0 Å². The number of nitrogens with zero attached hydrogens (tertiary/aromatic N) is 1. The lowest BCUT2D eigenvalue weighted by atomic mass is 10.0. The van der Waals surface area contributed by atoms with Gasteiger partial charge in [-0.2, -0.15) is 0 Å². The number of pyridine rings is 1. The van der Waals surface area contributed by atoms with E-state index in [1.807, 2.05) is 24.3 Å². The molecule has 1 N–H and O–H groups in total. The van der Waals surface area contributed by atoms with Crippen molar-refractivity contribution in [2.24, 2.45) is 0 Å². The summed E-state index contributed by atoms with van der Waals surface area (Å²) in [7, 11) is 0. The molecule has 1 amide bonds. The van der Waals surface area contributed by atoms with Crippen LogP contribution < -0.4 is 10.1 Å². The zero-order valence-electron chi connectivity index (χ0n) is 14.6. The molecule has 4 nitrogen and oxygen atoms in total. The van der Waals surface area contributed by atoms with Crippen molar-refractivity contribution in [1.29, 1.82) is 0 Å². The third-order valence-electron chi connectivity index (χ3n) is 4.52. The van der Waals surface area contributed by atoms with E-state index >= 15 is 0 Å². The number of carbonyl (C=O) groups excluding carboxylic acids is 1. The lowest BCUT2D eigenvalue weighted by Gasteiger charge is -2.14. The second kappa shape index (κ2) is 7.56. The molecule has 0 saturated heterocycles. The number of halogens is 3. The van der Waals surface area contributed by atoms with Gasteiger partial charge in [-0.25, -0.2) is 8.78 Å². The summed E-state index contributed by atoms with van der Waals surface area (Å²) in [6, 6.07) is 10.2. The summed E-state index contributed by atoms with van der Waals surface area (Å²) in [5, 5.41) is 3.23. The van der Waals surface area contributed by atoms with Gasteiger partial charge in [-0.15, -0.1) is 0 Å². The predicted octanol–water partition coefficient (Wildman–Crippen LogP) is 4.41. The highest BCUT2D eigenvalue weighted by Gasteiger charge is 2.27. The molecule has 0 radical (unpaired) electrons. The standard InChI is InChI=1S/C21H15ClF2N2O2/c22-14-7-13-8-16(11-26-21(27)17-2-1-15(23)10-19(17)24)28-20(13)18(9-14)12-3-5-25-6-4-12/h1-7,9-10,16H,8,11H2,(H,26,27)/t16-/m1/s1. The Morgan fingerprint density at radius 1 is 1.18 bits per heavy atom. The van der Waals surface area contributed by atoms with Gasteiger partial charge >= 0.3 is 0 Å². The van der Waals surface area contributed by atoms with Gasteiger partial charge in [0.15, 0.2) is 0 Å². The van der Waals surface area contributed by atoms with E-state index in [2.05, 4.69) is 10.3 Å². The molecule has 0 bridgehead atoms. The van der Waals surface area contributed by atoms with Crippen molar-refractivity contribution in [3.8, 4) is 16.9 Å². The third-order valence-corrected chi connectivity index (χ3v) is 4.74. The number of rotatable bonds is 4. The summed E-state index contributed by atoms with van der Waals surface area (Å²) in [5.74, 6) is -1.55. The minimum atomic E-state index is -0.903. The fourth-order valence-electron chi connectivity index (χ4n) is 3.23. The monoisotopic (exact) mass is 400 g/mol. The Kier molecular flexibility index (Phi) is 4.96. The summed E-state index contributed by atoms with van der Waals surface area (Å²) < 4.78 is 32.8. The van der Waals surface area contributed by atoms with E-state index in [4.69, 9.17) is 16.3 Å². The number of nitrogens with one attached hydrogen (secondary N) is 1. The molecule has 142 valence electrons. The molecule has 0 spiro atoms. The molecule has 0 aliphatic carbocycles. The number of carbonyl (C=O) groups is 1. The molecule has 2 aromatic carbocycles. The number of fused-ring (bicyclic) bond motifs is 1. The van der Waals surface area contributed by atoms with Crippen molar-refractivity contribution >= 4 is 17.5 Å². The van der Waals surface area contributed by atoms with Crippen LogP contribution in [0.4, 0.5) is 8.78 Å². The zero-order chi connectivity index (χ0) is 19.7. The number of hydrogen-bond donors (Lipinski definition) is 1. The summed E-state index contributed by atoms with van der Waals surface area (Å²) in [6.45, 7) is 0.178. The van der Waals surface area contributed by atoms with Crippen LogP contribution in [-0.2, 0) is 6.42 Å². The minimum Gasteiger partial charge on any atom is -0.487 e. The number of benzene rings is 2. The van der Waals surface area contributed by atoms with Crippen LogP contribution >= 0.6 is 11.6 Å². The Bertz CT molecular complexity index is 1040. The van der Waals surface area contributed by atoms with Gasteiger partial charge in [0.2, 0.25) is 0 Å². The van der Waals surface area contributed by atoms with Crippen molar-refractivity contribution in [2.45, 2.75) is 12.5 Å². The van der Waals surface area contributed by atoms with Crippen LogP contribution in [0.2, 0.25) is 5.02 Å². The Morgan fingerprint density at radius 2 is 1.96 bits per heavy atom. The average Bonchev–Trinajstić information content (AvgIpc) is 3.09. The number of aromatic nitrogens is 1. The Balaban J connectivity index is 1.49. The first kappa shape index (κ1) is 18.4. The Morgan fingerprint density at radius 3 is 2.71 bits per heavy atom. The quantitative estimate of drug-likeness (QED) is 0.705. The second-order valence-electron chi connectivity index (χ2n) is 6.46. The highest BCUT2D eigenvalue weighted by atomic mass is 35.5. The molecule has 1 atom stereocenters. The Hall–Kier alpha value is -2.99. The van der Waals surface area contributed by atoms with Gasteiger partial charge in [0.1, 0.15) is 23.5 Å². The summed E-state index contributed by atoms with van der Waals surface area (Å²) in [6.07, 6.45) is 3.61. The molecular weight excluding hydrogens is 386 g/mol. The smallest absolute Gasteiger partial charge is 0.254 e. The van der Waals surface area contributed by atoms with Crippen molar-refractivity contribution in [1.82, 2.24) is 10.3 Å². The highest BCUT2D eigenvalue weighted by Crippen LogP contribution is 2.40. The average molecular weight is 401 g/mol. The van der Waals surface area contributed by atoms with E-state index in [9.17, 15) is 13.6 Å². The van der Waals surface area contributed by atoms with Crippen LogP contribution in [0.5, 0.6) is 5.75 Å².